The van der Waals surface area contributed by atoms with Gasteiger partial charge in [-0.1, -0.05) is 57.9 Å². The number of amides is 1. The number of aryl methyl sites for hydroxylation is 5. The number of ether oxygens (including phenoxy) is 3. The number of aromatic nitrogens is 3. The van der Waals surface area contributed by atoms with Crippen LogP contribution >= 0.6 is 15.9 Å². The normalized spacial score (nSPS) is 11.7. The first-order valence-corrected chi connectivity index (χ1v) is 18.8. The summed E-state index contributed by atoms with van der Waals surface area (Å²) in [7, 11) is 3.70. The molecule has 272 valence electrons. The van der Waals surface area contributed by atoms with E-state index in [1.54, 1.807) is 11.9 Å². The molecule has 3 aromatic carbocycles. The number of alkyl halides is 1. The van der Waals surface area contributed by atoms with Gasteiger partial charge in [0.05, 0.1) is 24.4 Å². The molecule has 0 fully saturated rings. The van der Waals surface area contributed by atoms with Crippen LogP contribution in [0.2, 0.25) is 0 Å². The summed E-state index contributed by atoms with van der Waals surface area (Å²) in [6.07, 6.45) is 1.52. The second-order valence-corrected chi connectivity index (χ2v) is 14.8. The van der Waals surface area contributed by atoms with E-state index in [1.807, 2.05) is 51.6 Å². The number of carbonyl (C=O) groups excluding carboxylic acids is 2. The lowest BCUT2D eigenvalue weighted by Gasteiger charge is -2.25. The molecule has 0 unspecified atom stereocenters. The van der Waals surface area contributed by atoms with E-state index in [2.05, 4.69) is 77.7 Å². The highest BCUT2D eigenvalue weighted by Gasteiger charge is 2.29. The molecule has 0 atom stereocenters. The fraction of sp³-hybridized carbons (Fsp3) is 0.439. The third-order valence-corrected chi connectivity index (χ3v) is 9.73. The van der Waals surface area contributed by atoms with Crippen LogP contribution in [-0.4, -0.2) is 63.7 Å². The molecular formula is C41H51BrN4O5. The quantitative estimate of drug-likeness (QED) is 0.0676. The van der Waals surface area contributed by atoms with Gasteiger partial charge in [0.25, 0.3) is 0 Å². The Morgan fingerprint density at radius 3 is 2.45 bits per heavy atom. The number of carbonyl (C=O) groups is 2. The number of halogens is 1. The van der Waals surface area contributed by atoms with Crippen LogP contribution in [-0.2, 0) is 34.8 Å². The van der Waals surface area contributed by atoms with Crippen molar-refractivity contribution in [1.29, 1.82) is 0 Å². The Kier molecular flexibility index (Phi) is 11.8. The zero-order valence-corrected chi connectivity index (χ0v) is 33.1. The Bertz CT molecular complexity index is 2060. The van der Waals surface area contributed by atoms with Crippen LogP contribution < -0.4 is 4.74 Å². The van der Waals surface area contributed by atoms with E-state index in [0.717, 1.165) is 61.1 Å². The van der Waals surface area contributed by atoms with Crippen molar-refractivity contribution >= 4 is 49.7 Å². The molecule has 0 N–H and O–H groups in total. The highest BCUT2D eigenvalue weighted by Crippen LogP contribution is 2.41. The minimum atomic E-state index is -0.592. The molecule has 0 saturated heterocycles. The maximum atomic E-state index is 14.0. The van der Waals surface area contributed by atoms with Gasteiger partial charge in [-0.25, -0.2) is 9.59 Å². The Morgan fingerprint density at radius 1 is 0.980 bits per heavy atom. The predicted octanol–water partition coefficient (Wildman–Crippen LogP) is 9.46. The molecule has 2 aromatic heterocycles. The fourth-order valence-electron chi connectivity index (χ4n) is 6.75. The van der Waals surface area contributed by atoms with E-state index >= 15 is 0 Å². The van der Waals surface area contributed by atoms with Crippen molar-refractivity contribution in [3.63, 3.8) is 0 Å². The van der Waals surface area contributed by atoms with Crippen LogP contribution in [0.4, 0.5) is 4.79 Å². The molecule has 51 heavy (non-hydrogen) atoms. The molecule has 10 heteroatoms. The molecule has 5 rings (SSSR count). The molecule has 0 saturated carbocycles. The predicted molar refractivity (Wildman–Crippen MR) is 208 cm³/mol. The van der Waals surface area contributed by atoms with Crippen molar-refractivity contribution in [2.45, 2.75) is 85.2 Å². The van der Waals surface area contributed by atoms with Gasteiger partial charge in [0.1, 0.15) is 17.0 Å². The van der Waals surface area contributed by atoms with Gasteiger partial charge >= 0.3 is 12.1 Å². The smallest absolute Gasteiger partial charge is 0.410 e. The molecule has 1 amide bonds. The first-order valence-electron chi connectivity index (χ1n) is 17.7. The van der Waals surface area contributed by atoms with Gasteiger partial charge in [-0.2, -0.15) is 5.10 Å². The van der Waals surface area contributed by atoms with Gasteiger partial charge in [-0.3, -0.25) is 4.68 Å². The van der Waals surface area contributed by atoms with Gasteiger partial charge < -0.3 is 23.7 Å². The average Bonchev–Trinajstić information content (AvgIpc) is 3.54. The molecule has 0 aliphatic heterocycles. The minimum Gasteiger partial charge on any atom is -0.493 e. The third-order valence-electron chi connectivity index (χ3n) is 9.20. The second-order valence-electron chi connectivity index (χ2n) is 14.2. The molecule has 0 bridgehead atoms. The van der Waals surface area contributed by atoms with E-state index in [1.165, 1.54) is 5.56 Å². The molecule has 0 spiro atoms. The largest absolute Gasteiger partial charge is 0.493 e. The summed E-state index contributed by atoms with van der Waals surface area (Å²) in [5.74, 6) is 0.493. The van der Waals surface area contributed by atoms with Crippen molar-refractivity contribution in [2.24, 2.45) is 7.05 Å². The van der Waals surface area contributed by atoms with Crippen molar-refractivity contribution in [3.8, 4) is 16.9 Å². The third kappa shape index (κ3) is 8.27. The lowest BCUT2D eigenvalue weighted by molar-refractivity contribution is 0.0294. The average molecular weight is 760 g/mol. The van der Waals surface area contributed by atoms with E-state index in [-0.39, 0.29) is 18.7 Å². The summed E-state index contributed by atoms with van der Waals surface area (Å²) in [6.45, 7) is 15.4. The lowest BCUT2D eigenvalue weighted by Crippen LogP contribution is -2.35. The number of benzene rings is 3. The fourth-order valence-corrected chi connectivity index (χ4v) is 7.14. The monoisotopic (exact) mass is 758 g/mol. The highest BCUT2D eigenvalue weighted by molar-refractivity contribution is 9.08. The van der Waals surface area contributed by atoms with E-state index in [4.69, 9.17) is 19.3 Å². The molecule has 9 nitrogen and oxygen atoms in total. The first kappa shape index (κ1) is 37.9. The van der Waals surface area contributed by atoms with Gasteiger partial charge in [-0.05, 0) is 96.4 Å². The zero-order chi connectivity index (χ0) is 37.0. The summed E-state index contributed by atoms with van der Waals surface area (Å²) in [5.41, 5.74) is 8.19. The number of hydrogen-bond donors (Lipinski definition) is 0. The molecule has 0 radical (unpaired) electrons. The number of esters is 1. The molecule has 0 aliphatic carbocycles. The Labute approximate surface area is 310 Å². The van der Waals surface area contributed by atoms with Gasteiger partial charge in [0.15, 0.2) is 0 Å². The lowest BCUT2D eigenvalue weighted by atomic mass is 9.94. The van der Waals surface area contributed by atoms with Crippen molar-refractivity contribution in [2.75, 3.05) is 26.8 Å². The number of rotatable bonds is 13. The van der Waals surface area contributed by atoms with Crippen LogP contribution in [0.5, 0.6) is 5.75 Å². The summed E-state index contributed by atoms with van der Waals surface area (Å²) < 4.78 is 21.8. The maximum Gasteiger partial charge on any atom is 0.410 e. The Balaban J connectivity index is 1.58. The van der Waals surface area contributed by atoms with Crippen LogP contribution in [0.3, 0.4) is 0 Å². The topological polar surface area (TPSA) is 87.8 Å². The van der Waals surface area contributed by atoms with Gasteiger partial charge in [0, 0.05) is 60.1 Å². The summed E-state index contributed by atoms with van der Waals surface area (Å²) in [6, 6.07) is 16.8. The van der Waals surface area contributed by atoms with Crippen LogP contribution in [0, 0.1) is 20.8 Å². The second kappa shape index (κ2) is 15.9. The van der Waals surface area contributed by atoms with E-state index < -0.39 is 5.60 Å². The number of hydrogen-bond acceptors (Lipinski definition) is 6. The number of nitrogens with zero attached hydrogens (tertiary/aromatic N) is 4. The number of fused-ring (bicyclic) bond motifs is 2. The first-order chi connectivity index (χ1) is 24.2. The minimum absolute atomic E-state index is 0.256. The van der Waals surface area contributed by atoms with Crippen molar-refractivity contribution in [3.05, 3.63) is 82.3 Å². The standard InChI is InChI=1S/C41H51BrN4O5/c1-10-49-39(47)38-30(15-12-23-50-34-16-11-14-29-19-17-26(2)24-32(29)34)31-20-18-27(3)35(36-28(4)45(9)43-33(36)25-42)37(31)46(38)22-13-21-44(8)40(48)51-41(5,6)7/h11,14,16-20,24H,10,12-13,15,21-23,25H2,1-9H3. The maximum absolute atomic E-state index is 14.0. The van der Waals surface area contributed by atoms with Crippen molar-refractivity contribution in [1.82, 2.24) is 19.2 Å². The summed E-state index contributed by atoms with van der Waals surface area (Å²) >= 11 is 3.68. The molecule has 5 aromatic rings. The summed E-state index contributed by atoms with van der Waals surface area (Å²) in [5, 5.41) is 8.64. The SMILES string of the molecule is CCOC(=O)c1c(CCCOc2cccc3ccc(C)cc23)c2ccc(C)c(-c3c(CBr)nn(C)c3C)c2n1CCCN(C)C(=O)OC(C)(C)C. The van der Waals surface area contributed by atoms with Crippen LogP contribution in [0.1, 0.15) is 79.1 Å². The Hall–Kier alpha value is -4.31. The van der Waals surface area contributed by atoms with E-state index in [9.17, 15) is 9.59 Å². The van der Waals surface area contributed by atoms with Gasteiger partial charge in [-0.15, -0.1) is 0 Å². The molecular weight excluding hydrogens is 708 g/mol. The van der Waals surface area contributed by atoms with E-state index in [0.29, 0.717) is 50.0 Å². The van der Waals surface area contributed by atoms with Crippen LogP contribution in [0.25, 0.3) is 32.8 Å². The zero-order valence-electron chi connectivity index (χ0n) is 31.5. The highest BCUT2D eigenvalue weighted by atomic mass is 79.9. The van der Waals surface area contributed by atoms with Crippen molar-refractivity contribution < 1.29 is 23.8 Å². The van der Waals surface area contributed by atoms with Crippen LogP contribution in [0.15, 0.2) is 48.5 Å². The molecule has 0 aliphatic rings. The summed E-state index contributed by atoms with van der Waals surface area (Å²) in [4.78, 5) is 28.4. The Morgan fingerprint density at radius 2 is 1.75 bits per heavy atom. The molecule has 2 heterocycles. The van der Waals surface area contributed by atoms with Gasteiger partial charge in [0.2, 0.25) is 0 Å².